The van der Waals surface area contributed by atoms with Crippen molar-refractivity contribution in [3.63, 3.8) is 0 Å². The third-order valence-electron chi connectivity index (χ3n) is 3.53. The van der Waals surface area contributed by atoms with Crippen LogP contribution in [0.2, 0.25) is 0 Å². The van der Waals surface area contributed by atoms with Crippen molar-refractivity contribution in [1.29, 1.82) is 0 Å². The molecule has 1 amide bonds. The minimum atomic E-state index is 0.265. The molecule has 1 heterocycles. The van der Waals surface area contributed by atoms with E-state index in [4.69, 9.17) is 4.74 Å². The molecule has 1 aliphatic heterocycles. The number of rotatable bonds is 8. The fraction of sp³-hybridized carbons (Fsp3) is 0.562. The number of hydrogen-bond acceptors (Lipinski definition) is 4. The fourth-order valence-corrected chi connectivity index (χ4v) is 3.24. The van der Waals surface area contributed by atoms with E-state index in [2.05, 4.69) is 29.6 Å². The highest BCUT2D eigenvalue weighted by molar-refractivity contribution is 8.00. The topological polar surface area (TPSA) is 41.6 Å². The molecule has 0 bridgehead atoms. The van der Waals surface area contributed by atoms with Crippen LogP contribution in [0.15, 0.2) is 29.2 Å². The number of thioether (sulfide) groups is 1. The molecule has 1 saturated heterocycles. The highest BCUT2D eigenvalue weighted by Crippen LogP contribution is 2.20. The molecule has 0 aliphatic carbocycles. The van der Waals surface area contributed by atoms with Crippen LogP contribution in [0.4, 0.5) is 0 Å². The van der Waals surface area contributed by atoms with Crippen molar-refractivity contribution in [1.82, 2.24) is 10.2 Å². The Hall–Kier alpha value is -1.04. The summed E-state index contributed by atoms with van der Waals surface area (Å²) in [5.41, 5.74) is 1.24. The maximum absolute atomic E-state index is 12.0. The zero-order chi connectivity index (χ0) is 14.9. The number of carbonyl (C=O) groups excluding carboxylic acids is 1. The van der Waals surface area contributed by atoms with Gasteiger partial charge in [-0.15, -0.1) is 11.8 Å². The Bertz CT molecular complexity index is 448. The first-order valence-electron chi connectivity index (χ1n) is 7.49. The Morgan fingerprint density at radius 1 is 1.38 bits per heavy atom. The third-order valence-corrected chi connectivity index (χ3v) is 4.51. The lowest BCUT2D eigenvalue weighted by atomic mass is 10.2. The number of likely N-dealkylation sites (tertiary alicyclic amines) is 1. The van der Waals surface area contributed by atoms with Crippen molar-refractivity contribution in [2.24, 2.45) is 0 Å². The number of amides is 1. The molecule has 0 unspecified atom stereocenters. The first-order valence-corrected chi connectivity index (χ1v) is 8.47. The molecule has 1 fully saturated rings. The third kappa shape index (κ3) is 5.69. The summed E-state index contributed by atoms with van der Waals surface area (Å²) in [5.74, 6) is 0.807. The predicted molar refractivity (Wildman–Crippen MR) is 86.6 cm³/mol. The zero-order valence-corrected chi connectivity index (χ0v) is 13.5. The molecule has 0 aromatic heterocycles. The average Bonchev–Trinajstić information content (AvgIpc) is 3.04. The van der Waals surface area contributed by atoms with Crippen LogP contribution in [-0.4, -0.2) is 49.9 Å². The van der Waals surface area contributed by atoms with E-state index in [1.54, 1.807) is 18.9 Å². The summed E-state index contributed by atoms with van der Waals surface area (Å²) in [6.45, 7) is 4.27. The van der Waals surface area contributed by atoms with Crippen molar-refractivity contribution in [3.05, 3.63) is 29.8 Å². The number of carbonyl (C=O) groups is 1. The van der Waals surface area contributed by atoms with Gasteiger partial charge in [0.15, 0.2) is 0 Å². The fourth-order valence-electron chi connectivity index (χ4n) is 2.36. The van der Waals surface area contributed by atoms with Gasteiger partial charge in [-0.2, -0.15) is 0 Å². The minimum Gasteiger partial charge on any atom is -0.383 e. The van der Waals surface area contributed by atoms with Crippen LogP contribution < -0.4 is 5.32 Å². The summed E-state index contributed by atoms with van der Waals surface area (Å²) in [7, 11) is 1.70. The van der Waals surface area contributed by atoms with E-state index >= 15 is 0 Å². The molecule has 21 heavy (non-hydrogen) atoms. The Labute approximate surface area is 131 Å². The Morgan fingerprint density at radius 2 is 2.19 bits per heavy atom. The molecule has 0 spiro atoms. The molecule has 116 valence electrons. The van der Waals surface area contributed by atoms with Gasteiger partial charge < -0.3 is 15.0 Å². The van der Waals surface area contributed by atoms with Gasteiger partial charge in [-0.1, -0.05) is 12.1 Å². The summed E-state index contributed by atoms with van der Waals surface area (Å²) in [4.78, 5) is 15.2. The van der Waals surface area contributed by atoms with E-state index in [-0.39, 0.29) is 5.91 Å². The number of methoxy groups -OCH3 is 1. The lowest BCUT2D eigenvalue weighted by Crippen LogP contribution is -2.29. The van der Waals surface area contributed by atoms with E-state index in [0.29, 0.717) is 5.75 Å². The van der Waals surface area contributed by atoms with Crippen LogP contribution in [-0.2, 0) is 16.1 Å². The first kappa shape index (κ1) is 16.3. The summed E-state index contributed by atoms with van der Waals surface area (Å²) < 4.78 is 5.01. The first-order chi connectivity index (χ1) is 10.3. The van der Waals surface area contributed by atoms with E-state index < -0.39 is 0 Å². The average molecular weight is 308 g/mol. The molecule has 5 heteroatoms. The van der Waals surface area contributed by atoms with Crippen LogP contribution in [0.25, 0.3) is 0 Å². The normalized spacial score (nSPS) is 14.6. The molecule has 1 aromatic carbocycles. The molecule has 0 atom stereocenters. The quantitative estimate of drug-likeness (QED) is 0.590. The van der Waals surface area contributed by atoms with Gasteiger partial charge in [-0.05, 0) is 30.5 Å². The molecular formula is C16H24N2O2S. The van der Waals surface area contributed by atoms with Gasteiger partial charge in [0.1, 0.15) is 0 Å². The van der Waals surface area contributed by atoms with E-state index in [0.717, 1.165) is 50.5 Å². The van der Waals surface area contributed by atoms with Gasteiger partial charge >= 0.3 is 0 Å². The van der Waals surface area contributed by atoms with Crippen molar-refractivity contribution < 1.29 is 9.53 Å². The minimum absolute atomic E-state index is 0.265. The largest absolute Gasteiger partial charge is 0.383 e. The number of nitrogens with zero attached hydrogens (tertiary/aromatic N) is 1. The molecule has 0 radical (unpaired) electrons. The lowest BCUT2D eigenvalue weighted by Gasteiger charge is -2.14. The summed E-state index contributed by atoms with van der Waals surface area (Å²) >= 11 is 1.63. The summed E-state index contributed by atoms with van der Waals surface area (Å²) in [6, 6.07) is 8.38. The molecule has 1 N–H and O–H groups in total. The summed E-state index contributed by atoms with van der Waals surface area (Å²) in [5, 5.41) is 3.33. The van der Waals surface area contributed by atoms with E-state index in [1.807, 2.05) is 4.90 Å². The van der Waals surface area contributed by atoms with E-state index in [1.165, 1.54) is 5.56 Å². The van der Waals surface area contributed by atoms with Gasteiger partial charge in [-0.3, -0.25) is 4.79 Å². The van der Waals surface area contributed by atoms with Gasteiger partial charge in [0, 0.05) is 38.2 Å². The Kier molecular flexibility index (Phi) is 7.06. The second-order valence-electron chi connectivity index (χ2n) is 5.19. The van der Waals surface area contributed by atoms with Crippen LogP contribution in [0.1, 0.15) is 18.4 Å². The van der Waals surface area contributed by atoms with Crippen LogP contribution in [0.3, 0.4) is 0 Å². The second-order valence-corrected chi connectivity index (χ2v) is 6.24. The summed E-state index contributed by atoms with van der Waals surface area (Å²) in [6.07, 6.45) is 2.30. The molecule has 1 aliphatic rings. The predicted octanol–water partition coefficient (Wildman–Crippen LogP) is 2.14. The SMILES string of the molecule is COCCNCc1cccc(SCC(=O)N2CCCC2)c1. The zero-order valence-electron chi connectivity index (χ0n) is 12.6. The van der Waals surface area contributed by atoms with Gasteiger partial charge in [0.2, 0.25) is 5.91 Å². The molecular weight excluding hydrogens is 284 g/mol. The smallest absolute Gasteiger partial charge is 0.232 e. The van der Waals surface area contributed by atoms with Crippen molar-refractivity contribution in [2.45, 2.75) is 24.3 Å². The van der Waals surface area contributed by atoms with Crippen LogP contribution >= 0.6 is 11.8 Å². The molecule has 0 saturated carbocycles. The Balaban J connectivity index is 1.76. The molecule has 1 aromatic rings. The van der Waals surface area contributed by atoms with E-state index in [9.17, 15) is 4.79 Å². The van der Waals surface area contributed by atoms with Crippen molar-refractivity contribution in [2.75, 3.05) is 39.1 Å². The van der Waals surface area contributed by atoms with Gasteiger partial charge in [0.25, 0.3) is 0 Å². The number of ether oxygens (including phenoxy) is 1. The lowest BCUT2D eigenvalue weighted by molar-refractivity contribution is -0.127. The maximum atomic E-state index is 12.0. The monoisotopic (exact) mass is 308 g/mol. The standard InChI is InChI=1S/C16H24N2O2S/c1-20-10-7-17-12-14-5-4-6-15(11-14)21-13-16(19)18-8-2-3-9-18/h4-6,11,17H,2-3,7-10,12-13H2,1H3. The molecule has 4 nitrogen and oxygen atoms in total. The highest BCUT2D eigenvalue weighted by Gasteiger charge is 2.17. The van der Waals surface area contributed by atoms with Crippen molar-refractivity contribution in [3.8, 4) is 0 Å². The van der Waals surface area contributed by atoms with Crippen LogP contribution in [0.5, 0.6) is 0 Å². The van der Waals surface area contributed by atoms with Gasteiger partial charge in [-0.25, -0.2) is 0 Å². The molecule has 2 rings (SSSR count). The maximum Gasteiger partial charge on any atom is 0.232 e. The number of nitrogens with one attached hydrogen (secondary N) is 1. The highest BCUT2D eigenvalue weighted by atomic mass is 32.2. The number of hydrogen-bond donors (Lipinski definition) is 1. The van der Waals surface area contributed by atoms with Gasteiger partial charge in [0.05, 0.1) is 12.4 Å². The Morgan fingerprint density at radius 3 is 2.95 bits per heavy atom. The van der Waals surface area contributed by atoms with Crippen molar-refractivity contribution >= 4 is 17.7 Å². The second kappa shape index (κ2) is 9.07. The number of benzene rings is 1. The van der Waals surface area contributed by atoms with Crippen LogP contribution in [0, 0.1) is 0 Å².